The number of carboxylic acid groups (broad SMARTS) is 1. The van der Waals surface area contributed by atoms with Gasteiger partial charge in [-0.15, -0.1) is 0 Å². The number of hydrogen-bond acceptors (Lipinski definition) is 8. The molecule has 2 aliphatic heterocycles. The Balaban J connectivity index is 1.24. The number of benzene rings is 6. The predicted molar refractivity (Wildman–Crippen MR) is 266 cm³/mol. The summed E-state index contributed by atoms with van der Waals surface area (Å²) in [5.74, 6) is -5.43. The second-order valence-electron chi connectivity index (χ2n) is 17.2. The number of aryl methyl sites for hydroxylation is 1. The third kappa shape index (κ3) is 14.2. The van der Waals surface area contributed by atoms with Gasteiger partial charge in [0.15, 0.2) is 0 Å². The fourth-order valence-corrected chi connectivity index (χ4v) is 8.10. The molecule has 9 N–H and O–H groups in total. The molecule has 15 nitrogen and oxygen atoms in total. The van der Waals surface area contributed by atoms with Crippen LogP contribution in [-0.2, 0) is 59.2 Å². The van der Waals surface area contributed by atoms with Crippen LogP contribution in [0.2, 0.25) is 0 Å². The Morgan fingerprint density at radius 3 is 1.64 bits per heavy atom. The highest BCUT2D eigenvalue weighted by Gasteiger charge is 2.34. The Hall–Kier alpha value is -8.59. The number of carbonyl (C=O) groups excluding carboxylic acids is 6. The Morgan fingerprint density at radius 1 is 0.543 bits per heavy atom. The van der Waals surface area contributed by atoms with E-state index in [0.717, 1.165) is 16.7 Å². The van der Waals surface area contributed by atoms with Gasteiger partial charge < -0.3 is 42.7 Å². The van der Waals surface area contributed by atoms with Gasteiger partial charge in [0.25, 0.3) is 0 Å². The van der Waals surface area contributed by atoms with E-state index in [1.807, 2.05) is 84.9 Å². The first kappa shape index (κ1) is 49.3. The van der Waals surface area contributed by atoms with E-state index in [1.165, 1.54) is 24.3 Å². The van der Waals surface area contributed by atoms with Gasteiger partial charge in [0, 0.05) is 43.5 Å². The number of carboxylic acids is 1. The highest BCUT2D eigenvalue weighted by atomic mass is 16.4. The summed E-state index contributed by atoms with van der Waals surface area (Å²) in [6.45, 7) is 0. The van der Waals surface area contributed by atoms with Gasteiger partial charge in [0.05, 0.1) is 0 Å². The van der Waals surface area contributed by atoms with Crippen molar-refractivity contribution < 1.29 is 38.7 Å². The first-order chi connectivity index (χ1) is 33.9. The molecular formula is C55H55N7O8. The lowest BCUT2D eigenvalue weighted by Gasteiger charge is -2.27. The lowest BCUT2D eigenvalue weighted by molar-refractivity contribution is -0.142. The molecule has 2 heterocycles. The van der Waals surface area contributed by atoms with E-state index in [1.54, 1.807) is 54.6 Å². The van der Waals surface area contributed by atoms with Gasteiger partial charge in [-0.2, -0.15) is 0 Å². The van der Waals surface area contributed by atoms with Crippen LogP contribution in [-0.4, -0.2) is 70.7 Å². The van der Waals surface area contributed by atoms with Crippen molar-refractivity contribution in [2.45, 2.75) is 75.2 Å². The van der Waals surface area contributed by atoms with Crippen molar-refractivity contribution >= 4 is 52.8 Å². The smallest absolute Gasteiger partial charge is 0.326 e. The fraction of sp³-hybridized carbons (Fsp3) is 0.218. The normalized spacial score (nSPS) is 18.5. The molecule has 0 saturated carbocycles. The average molecular weight is 942 g/mol. The predicted octanol–water partition coefficient (Wildman–Crippen LogP) is 5.21. The van der Waals surface area contributed by atoms with Crippen molar-refractivity contribution in [2.24, 2.45) is 0 Å². The summed E-state index contributed by atoms with van der Waals surface area (Å²) < 4.78 is 0. The second kappa shape index (κ2) is 23.9. The number of hydrogen-bond donors (Lipinski definition) is 8. The molecule has 0 spiro atoms. The third-order valence-corrected chi connectivity index (χ3v) is 12.0. The molecule has 2 bridgehead atoms. The molecule has 0 fully saturated rings. The van der Waals surface area contributed by atoms with Crippen molar-refractivity contribution in [3.8, 4) is 11.1 Å². The van der Waals surface area contributed by atoms with Crippen LogP contribution in [0.3, 0.4) is 0 Å². The maximum absolute atomic E-state index is 14.8. The van der Waals surface area contributed by atoms with Gasteiger partial charge in [-0.1, -0.05) is 140 Å². The first-order valence-electron chi connectivity index (χ1n) is 23.1. The fourth-order valence-electron chi connectivity index (χ4n) is 8.10. The summed E-state index contributed by atoms with van der Waals surface area (Å²) >= 11 is 0. The Kier molecular flexibility index (Phi) is 16.9. The summed E-state index contributed by atoms with van der Waals surface area (Å²) in [4.78, 5) is 97.5. The largest absolute Gasteiger partial charge is 0.480 e. The van der Waals surface area contributed by atoms with Gasteiger partial charge in [0.2, 0.25) is 35.4 Å². The number of nitrogen functional groups attached to an aromatic ring is 1. The average Bonchev–Trinajstić information content (AvgIpc) is 3.37. The van der Waals surface area contributed by atoms with E-state index >= 15 is 0 Å². The second-order valence-corrected chi connectivity index (χ2v) is 17.2. The molecule has 1 unspecified atom stereocenters. The summed E-state index contributed by atoms with van der Waals surface area (Å²) in [7, 11) is 0. The van der Waals surface area contributed by atoms with Crippen molar-refractivity contribution in [1.82, 2.24) is 26.6 Å². The minimum atomic E-state index is -1.50. The topological polar surface area (TPSA) is 238 Å². The van der Waals surface area contributed by atoms with Crippen molar-refractivity contribution in [2.75, 3.05) is 11.1 Å². The highest BCUT2D eigenvalue weighted by molar-refractivity contribution is 5.98. The van der Waals surface area contributed by atoms with Crippen molar-refractivity contribution in [3.05, 3.63) is 192 Å². The lowest BCUT2D eigenvalue weighted by atomic mass is 9.98. The standard InChI is InChI=1S/C55H55N7O8/c56-42-25-18-38(19-26-42)34-47(55(69)70)61-54(68)50-41-23-27-43(28-24-41)57-48(63)30-31-49(64)58-44(29-20-35-10-4-1-5-11-35)51(65)59-45(33-37-16-21-40(22-17-37)39-14-8-3-9-15-39)52(66)60-46(53(67)62-50)32-36-12-6-2-7-13-36/h1-19,21-28,44-47,50H,20,29-34,56H2,(H,57,63)(H,58,64)(H,59,65)(H,60,66)(H,61,68)(H,62,67)(H,69,70)/t44-,45+,46-,47+,50?/m1/s1. The zero-order chi connectivity index (χ0) is 49.4. The van der Waals surface area contributed by atoms with E-state index in [2.05, 4.69) is 31.9 Å². The van der Waals surface area contributed by atoms with Crippen LogP contribution in [0.4, 0.5) is 11.4 Å². The summed E-state index contributed by atoms with van der Waals surface area (Å²) in [6.07, 6.45) is -0.108. The van der Waals surface area contributed by atoms with E-state index in [9.17, 15) is 38.7 Å². The monoisotopic (exact) mass is 941 g/mol. The summed E-state index contributed by atoms with van der Waals surface area (Å²) in [5.41, 5.74) is 11.6. The van der Waals surface area contributed by atoms with Crippen LogP contribution in [0.15, 0.2) is 164 Å². The van der Waals surface area contributed by atoms with Gasteiger partial charge in [-0.25, -0.2) is 4.79 Å². The number of nitrogens with two attached hydrogens (primary N) is 1. The number of carbonyl (C=O) groups is 7. The summed E-state index contributed by atoms with van der Waals surface area (Å²) in [5, 5.41) is 26.9. The zero-order valence-electron chi connectivity index (χ0n) is 38.3. The van der Waals surface area contributed by atoms with E-state index in [-0.39, 0.29) is 44.1 Å². The quantitative estimate of drug-likeness (QED) is 0.0560. The number of fused-ring (bicyclic) bond motifs is 17. The molecule has 6 amide bonds. The summed E-state index contributed by atoms with van der Waals surface area (Å²) in [6, 6.07) is 41.4. The molecule has 0 saturated heterocycles. The van der Waals surface area contributed by atoms with Gasteiger partial charge >= 0.3 is 5.97 Å². The molecule has 6 aromatic carbocycles. The number of anilines is 2. The molecule has 6 aromatic rings. The molecule has 2 aliphatic rings. The first-order valence-corrected chi connectivity index (χ1v) is 23.1. The SMILES string of the molecule is Nc1ccc(C[C@H](NC(=O)C2NC(=O)[C@@H](Cc3ccccc3)NC(=O)[C@H](Cc3ccc(-c4ccccc4)cc3)NC(=O)[C@@H](CCc3ccccc3)NC(=O)CCC(=O)Nc3ccc2cc3)C(=O)O)cc1. The van der Waals surface area contributed by atoms with Crippen LogP contribution < -0.4 is 37.6 Å². The third-order valence-electron chi connectivity index (χ3n) is 12.0. The highest BCUT2D eigenvalue weighted by Crippen LogP contribution is 2.22. The zero-order valence-corrected chi connectivity index (χ0v) is 38.3. The molecule has 70 heavy (non-hydrogen) atoms. The molecule has 8 rings (SSSR count). The Bertz CT molecular complexity index is 2760. The number of nitrogens with one attached hydrogen (secondary N) is 6. The minimum Gasteiger partial charge on any atom is -0.480 e. The molecule has 0 aliphatic carbocycles. The van der Waals surface area contributed by atoms with Crippen LogP contribution in [0.5, 0.6) is 0 Å². The van der Waals surface area contributed by atoms with Crippen LogP contribution in [0.25, 0.3) is 11.1 Å². The van der Waals surface area contributed by atoms with E-state index < -0.39 is 71.6 Å². The maximum atomic E-state index is 14.8. The van der Waals surface area contributed by atoms with Crippen LogP contribution >= 0.6 is 0 Å². The molecule has 15 heteroatoms. The lowest BCUT2D eigenvalue weighted by Crippen LogP contribution is -2.58. The van der Waals surface area contributed by atoms with Gasteiger partial charge in [0.1, 0.15) is 30.2 Å². The maximum Gasteiger partial charge on any atom is 0.326 e. The van der Waals surface area contributed by atoms with Gasteiger partial charge in [-0.05, 0) is 76.1 Å². The Morgan fingerprint density at radius 2 is 1.04 bits per heavy atom. The number of aliphatic carboxylic acids is 1. The van der Waals surface area contributed by atoms with Crippen molar-refractivity contribution in [1.29, 1.82) is 0 Å². The molecular weight excluding hydrogens is 887 g/mol. The van der Waals surface area contributed by atoms with Crippen LogP contribution in [0, 0.1) is 0 Å². The van der Waals surface area contributed by atoms with Gasteiger partial charge in [-0.3, -0.25) is 28.8 Å². The van der Waals surface area contributed by atoms with Crippen LogP contribution in [0.1, 0.15) is 53.1 Å². The van der Waals surface area contributed by atoms with E-state index in [0.29, 0.717) is 34.5 Å². The molecule has 5 atom stereocenters. The van der Waals surface area contributed by atoms with Crippen molar-refractivity contribution in [3.63, 3.8) is 0 Å². The number of amides is 6. The molecule has 358 valence electrons. The van der Waals surface area contributed by atoms with E-state index in [4.69, 9.17) is 5.73 Å². The number of rotatable bonds is 13. The molecule has 0 radical (unpaired) electrons. The molecule has 0 aromatic heterocycles. The minimum absolute atomic E-state index is 0.0200. The Labute approximate surface area is 405 Å².